The predicted molar refractivity (Wildman–Crippen MR) is 52.9 cm³/mol. The molecule has 0 bridgehead atoms. The molecule has 70 valence electrons. The Morgan fingerprint density at radius 3 is 3.08 bits per heavy atom. The SMILES string of the molecule is OC[C@@H]1Cc2ccc(Cl)cc2CN1. The Balaban J connectivity index is 2.26. The van der Waals surface area contributed by atoms with Crippen molar-refractivity contribution < 1.29 is 5.11 Å². The van der Waals surface area contributed by atoms with E-state index in [1.165, 1.54) is 11.1 Å². The molecule has 0 aliphatic carbocycles. The molecule has 0 spiro atoms. The van der Waals surface area contributed by atoms with Crippen LogP contribution in [0.25, 0.3) is 0 Å². The second-order valence-electron chi connectivity index (χ2n) is 3.38. The number of benzene rings is 1. The normalized spacial score (nSPS) is 21.2. The summed E-state index contributed by atoms with van der Waals surface area (Å²) in [6.07, 6.45) is 0.892. The monoisotopic (exact) mass is 197 g/mol. The third kappa shape index (κ3) is 1.85. The zero-order chi connectivity index (χ0) is 9.26. The maximum Gasteiger partial charge on any atom is 0.0587 e. The predicted octanol–water partition coefficient (Wildman–Crippen LogP) is 1.35. The molecule has 0 radical (unpaired) electrons. The fraction of sp³-hybridized carbons (Fsp3) is 0.400. The lowest BCUT2D eigenvalue weighted by Gasteiger charge is -2.24. The summed E-state index contributed by atoms with van der Waals surface area (Å²) in [7, 11) is 0. The molecule has 0 unspecified atom stereocenters. The Morgan fingerprint density at radius 2 is 2.31 bits per heavy atom. The zero-order valence-corrected chi connectivity index (χ0v) is 8.01. The Bertz CT molecular complexity index is 314. The quantitative estimate of drug-likeness (QED) is 0.713. The molecule has 2 rings (SSSR count). The molecule has 13 heavy (non-hydrogen) atoms. The van der Waals surface area contributed by atoms with Crippen molar-refractivity contribution in [3.63, 3.8) is 0 Å². The highest BCUT2D eigenvalue weighted by atomic mass is 35.5. The van der Waals surface area contributed by atoms with E-state index in [9.17, 15) is 0 Å². The van der Waals surface area contributed by atoms with E-state index in [0.717, 1.165) is 18.0 Å². The number of nitrogens with one attached hydrogen (secondary N) is 1. The number of hydrogen-bond donors (Lipinski definition) is 2. The molecule has 2 nitrogen and oxygen atoms in total. The summed E-state index contributed by atoms with van der Waals surface area (Å²) < 4.78 is 0. The van der Waals surface area contributed by atoms with Gasteiger partial charge in [-0.3, -0.25) is 0 Å². The van der Waals surface area contributed by atoms with Crippen LogP contribution in [0.4, 0.5) is 0 Å². The average molecular weight is 198 g/mol. The summed E-state index contributed by atoms with van der Waals surface area (Å²) in [5.41, 5.74) is 2.54. The van der Waals surface area contributed by atoms with Crippen LogP contribution in [0, 0.1) is 0 Å². The van der Waals surface area contributed by atoms with Crippen molar-refractivity contribution in [1.82, 2.24) is 5.32 Å². The van der Waals surface area contributed by atoms with Crippen molar-refractivity contribution in [1.29, 1.82) is 0 Å². The van der Waals surface area contributed by atoms with Gasteiger partial charge < -0.3 is 10.4 Å². The molecule has 0 amide bonds. The van der Waals surface area contributed by atoms with Crippen LogP contribution < -0.4 is 5.32 Å². The average Bonchev–Trinajstić information content (AvgIpc) is 2.17. The number of fused-ring (bicyclic) bond motifs is 1. The summed E-state index contributed by atoms with van der Waals surface area (Å²) in [6.45, 7) is 1.00. The van der Waals surface area contributed by atoms with E-state index >= 15 is 0 Å². The number of aliphatic hydroxyl groups excluding tert-OH is 1. The number of rotatable bonds is 1. The van der Waals surface area contributed by atoms with Crippen LogP contribution in [0.3, 0.4) is 0 Å². The molecule has 1 aromatic carbocycles. The van der Waals surface area contributed by atoms with Crippen molar-refractivity contribution in [3.05, 3.63) is 34.3 Å². The first-order valence-corrected chi connectivity index (χ1v) is 4.79. The fourth-order valence-electron chi connectivity index (χ4n) is 1.68. The van der Waals surface area contributed by atoms with Gasteiger partial charge in [0.05, 0.1) is 6.61 Å². The molecule has 2 N–H and O–H groups in total. The van der Waals surface area contributed by atoms with Crippen molar-refractivity contribution in [2.24, 2.45) is 0 Å². The van der Waals surface area contributed by atoms with Crippen LogP contribution in [-0.4, -0.2) is 17.8 Å². The minimum atomic E-state index is 0.196. The molecule has 1 atom stereocenters. The largest absolute Gasteiger partial charge is 0.395 e. The second kappa shape index (κ2) is 3.66. The summed E-state index contributed by atoms with van der Waals surface area (Å²) in [5, 5.41) is 13.0. The van der Waals surface area contributed by atoms with E-state index in [-0.39, 0.29) is 12.6 Å². The van der Waals surface area contributed by atoms with Gasteiger partial charge >= 0.3 is 0 Å². The Hall–Kier alpha value is -0.570. The highest BCUT2D eigenvalue weighted by molar-refractivity contribution is 6.30. The van der Waals surface area contributed by atoms with Crippen LogP contribution in [-0.2, 0) is 13.0 Å². The van der Waals surface area contributed by atoms with Crippen molar-refractivity contribution in [3.8, 4) is 0 Å². The molecule has 1 aromatic rings. The molecule has 0 saturated heterocycles. The van der Waals surface area contributed by atoms with E-state index in [1.807, 2.05) is 18.2 Å². The first kappa shape index (κ1) is 9.00. The van der Waals surface area contributed by atoms with Gasteiger partial charge in [-0.15, -0.1) is 0 Å². The summed E-state index contributed by atoms with van der Waals surface area (Å²) in [5.74, 6) is 0. The van der Waals surface area contributed by atoms with E-state index in [4.69, 9.17) is 16.7 Å². The molecule has 0 saturated carbocycles. The maximum absolute atomic E-state index is 8.98. The van der Waals surface area contributed by atoms with Gasteiger partial charge in [-0.05, 0) is 29.7 Å². The first-order valence-electron chi connectivity index (χ1n) is 4.41. The van der Waals surface area contributed by atoms with Gasteiger partial charge in [0, 0.05) is 17.6 Å². The van der Waals surface area contributed by atoms with Crippen LogP contribution in [0.2, 0.25) is 5.02 Å². The van der Waals surface area contributed by atoms with Crippen LogP contribution in [0.1, 0.15) is 11.1 Å². The van der Waals surface area contributed by atoms with Gasteiger partial charge in [-0.1, -0.05) is 17.7 Å². The summed E-state index contributed by atoms with van der Waals surface area (Å²) in [4.78, 5) is 0. The minimum Gasteiger partial charge on any atom is -0.395 e. The maximum atomic E-state index is 8.98. The zero-order valence-electron chi connectivity index (χ0n) is 7.26. The van der Waals surface area contributed by atoms with Crippen molar-refractivity contribution >= 4 is 11.6 Å². The van der Waals surface area contributed by atoms with Crippen molar-refractivity contribution in [2.45, 2.75) is 19.0 Å². The van der Waals surface area contributed by atoms with Gasteiger partial charge in [0.2, 0.25) is 0 Å². The Labute approximate surface area is 82.5 Å². The number of halogens is 1. The Morgan fingerprint density at radius 1 is 1.46 bits per heavy atom. The minimum absolute atomic E-state index is 0.196. The lowest BCUT2D eigenvalue weighted by Crippen LogP contribution is -2.38. The second-order valence-corrected chi connectivity index (χ2v) is 3.81. The fourth-order valence-corrected chi connectivity index (χ4v) is 1.87. The van der Waals surface area contributed by atoms with E-state index < -0.39 is 0 Å². The molecule has 0 aromatic heterocycles. The molecule has 0 fully saturated rings. The standard InChI is InChI=1S/C10H12ClNO/c11-9-2-1-7-4-10(6-13)12-5-8(7)3-9/h1-3,10,12-13H,4-6H2/t10-/m0/s1. The molecule has 3 heteroatoms. The van der Waals surface area contributed by atoms with Gasteiger partial charge in [0.25, 0.3) is 0 Å². The first-order chi connectivity index (χ1) is 6.29. The Kier molecular flexibility index (Phi) is 2.54. The number of hydrogen-bond acceptors (Lipinski definition) is 2. The topological polar surface area (TPSA) is 32.3 Å². The highest BCUT2D eigenvalue weighted by Crippen LogP contribution is 2.20. The van der Waals surface area contributed by atoms with Gasteiger partial charge in [0.15, 0.2) is 0 Å². The van der Waals surface area contributed by atoms with Crippen molar-refractivity contribution in [2.75, 3.05) is 6.61 Å². The van der Waals surface area contributed by atoms with Gasteiger partial charge in [0.1, 0.15) is 0 Å². The molecule has 1 heterocycles. The van der Waals surface area contributed by atoms with Gasteiger partial charge in [-0.25, -0.2) is 0 Å². The third-order valence-electron chi connectivity index (χ3n) is 2.44. The van der Waals surface area contributed by atoms with Crippen LogP contribution in [0.5, 0.6) is 0 Å². The van der Waals surface area contributed by atoms with Gasteiger partial charge in [-0.2, -0.15) is 0 Å². The van der Waals surface area contributed by atoms with Crippen LogP contribution >= 0.6 is 11.6 Å². The smallest absolute Gasteiger partial charge is 0.0587 e. The van der Waals surface area contributed by atoms with E-state index in [2.05, 4.69) is 5.32 Å². The summed E-state index contributed by atoms with van der Waals surface area (Å²) >= 11 is 5.87. The van der Waals surface area contributed by atoms with E-state index in [1.54, 1.807) is 0 Å². The van der Waals surface area contributed by atoms with Crippen LogP contribution in [0.15, 0.2) is 18.2 Å². The molecular weight excluding hydrogens is 186 g/mol. The van der Waals surface area contributed by atoms with E-state index in [0.29, 0.717) is 0 Å². The third-order valence-corrected chi connectivity index (χ3v) is 2.67. The molecule has 1 aliphatic rings. The number of aliphatic hydroxyl groups is 1. The lowest BCUT2D eigenvalue weighted by atomic mass is 9.96. The molecular formula is C10H12ClNO. The summed E-state index contributed by atoms with van der Waals surface area (Å²) in [6, 6.07) is 6.13. The molecule has 1 aliphatic heterocycles. The lowest BCUT2D eigenvalue weighted by molar-refractivity contribution is 0.236. The highest BCUT2D eigenvalue weighted by Gasteiger charge is 2.16.